The summed E-state index contributed by atoms with van der Waals surface area (Å²) in [5.74, 6) is -0.151. The second-order valence-corrected chi connectivity index (χ2v) is 8.27. The highest BCUT2D eigenvalue weighted by Crippen LogP contribution is 2.41. The van der Waals surface area contributed by atoms with Crippen LogP contribution in [0.5, 0.6) is 0 Å². The highest BCUT2D eigenvalue weighted by molar-refractivity contribution is 5.84. The van der Waals surface area contributed by atoms with E-state index < -0.39 is 12.0 Å². The van der Waals surface area contributed by atoms with Crippen LogP contribution in [0.2, 0.25) is 0 Å². The fourth-order valence-electron chi connectivity index (χ4n) is 4.76. The smallest absolute Gasteiger partial charge is 0.326 e. The number of carboxylic acids is 1. The van der Waals surface area contributed by atoms with E-state index in [2.05, 4.69) is 0 Å². The quantitative estimate of drug-likeness (QED) is 0.844. The molecule has 0 aromatic rings. The van der Waals surface area contributed by atoms with Crippen molar-refractivity contribution in [2.24, 2.45) is 11.3 Å². The number of rotatable bonds is 4. The average Bonchev–Trinajstić information content (AvgIpc) is 3.10. The second kappa shape index (κ2) is 7.34. The summed E-state index contributed by atoms with van der Waals surface area (Å²) in [5.41, 5.74) is -0.0121. The Bertz CT molecular complexity index is 534. The van der Waals surface area contributed by atoms with Crippen LogP contribution >= 0.6 is 0 Å². The van der Waals surface area contributed by atoms with Crippen molar-refractivity contribution in [3.63, 3.8) is 0 Å². The van der Waals surface area contributed by atoms with Crippen LogP contribution in [0.3, 0.4) is 0 Å². The van der Waals surface area contributed by atoms with Gasteiger partial charge in [0, 0.05) is 32.5 Å². The molecule has 2 heterocycles. The van der Waals surface area contributed by atoms with Gasteiger partial charge in [-0.2, -0.15) is 0 Å². The number of carbonyl (C=O) groups is 3. The molecule has 3 fully saturated rings. The molecule has 1 spiro atoms. The minimum atomic E-state index is -0.949. The van der Waals surface area contributed by atoms with Crippen molar-refractivity contribution in [2.45, 2.75) is 70.8 Å². The molecule has 25 heavy (non-hydrogen) atoms. The van der Waals surface area contributed by atoms with Crippen LogP contribution in [0, 0.1) is 11.3 Å². The maximum absolute atomic E-state index is 12.5. The van der Waals surface area contributed by atoms with Crippen LogP contribution in [0.1, 0.15) is 64.7 Å². The molecule has 2 amide bonds. The Kier molecular flexibility index (Phi) is 5.35. The normalized spacial score (nSPS) is 25.4. The fraction of sp³-hybridized carbons (Fsp3) is 0.842. The number of hydrogen-bond donors (Lipinski definition) is 1. The van der Waals surface area contributed by atoms with E-state index in [-0.39, 0.29) is 17.2 Å². The summed E-state index contributed by atoms with van der Waals surface area (Å²) < 4.78 is 0. The Labute approximate surface area is 149 Å². The standard InChI is InChI=1S/C19H30N2O4/c1-14(18(24)25)21-13-19(7-6-16(21)22)8-10-20(11-9-19)17(23)12-15-4-2-3-5-15/h14-15H,2-13H2,1H3,(H,24,25). The molecular weight excluding hydrogens is 320 g/mol. The first kappa shape index (κ1) is 18.2. The van der Waals surface area contributed by atoms with Gasteiger partial charge in [0.1, 0.15) is 6.04 Å². The van der Waals surface area contributed by atoms with E-state index in [1.54, 1.807) is 6.92 Å². The summed E-state index contributed by atoms with van der Waals surface area (Å²) in [4.78, 5) is 39.4. The van der Waals surface area contributed by atoms with Gasteiger partial charge in [-0.05, 0) is 50.4 Å². The van der Waals surface area contributed by atoms with Gasteiger partial charge in [-0.25, -0.2) is 4.79 Å². The fourth-order valence-corrected chi connectivity index (χ4v) is 4.76. The molecule has 140 valence electrons. The second-order valence-electron chi connectivity index (χ2n) is 8.27. The Morgan fingerprint density at radius 2 is 1.84 bits per heavy atom. The average molecular weight is 350 g/mol. The van der Waals surface area contributed by atoms with Gasteiger partial charge >= 0.3 is 5.97 Å². The molecule has 3 aliphatic rings. The molecule has 2 saturated heterocycles. The highest BCUT2D eigenvalue weighted by Gasteiger charge is 2.44. The third kappa shape index (κ3) is 3.98. The van der Waals surface area contributed by atoms with E-state index in [0.29, 0.717) is 25.3 Å². The van der Waals surface area contributed by atoms with Gasteiger partial charge in [-0.1, -0.05) is 12.8 Å². The van der Waals surface area contributed by atoms with E-state index in [1.165, 1.54) is 30.6 Å². The van der Waals surface area contributed by atoms with Crippen molar-refractivity contribution in [1.82, 2.24) is 9.80 Å². The van der Waals surface area contributed by atoms with E-state index in [0.717, 1.165) is 32.4 Å². The number of piperidine rings is 2. The Hall–Kier alpha value is -1.59. The predicted molar refractivity (Wildman–Crippen MR) is 92.9 cm³/mol. The van der Waals surface area contributed by atoms with E-state index >= 15 is 0 Å². The number of hydrogen-bond acceptors (Lipinski definition) is 3. The summed E-state index contributed by atoms with van der Waals surface area (Å²) >= 11 is 0. The number of carboxylic acid groups (broad SMARTS) is 1. The first-order valence-electron chi connectivity index (χ1n) is 9.70. The zero-order valence-electron chi connectivity index (χ0n) is 15.2. The van der Waals surface area contributed by atoms with Crippen LogP contribution in [0.4, 0.5) is 0 Å². The molecule has 1 saturated carbocycles. The highest BCUT2D eigenvalue weighted by atomic mass is 16.4. The van der Waals surface area contributed by atoms with Gasteiger partial charge < -0.3 is 14.9 Å². The van der Waals surface area contributed by atoms with Gasteiger partial charge in [0.05, 0.1) is 0 Å². The molecule has 1 atom stereocenters. The minimum Gasteiger partial charge on any atom is -0.480 e. The Balaban J connectivity index is 1.55. The lowest BCUT2D eigenvalue weighted by atomic mass is 9.72. The van der Waals surface area contributed by atoms with Crippen molar-refractivity contribution in [3.8, 4) is 0 Å². The van der Waals surface area contributed by atoms with Gasteiger partial charge in [-0.15, -0.1) is 0 Å². The third-order valence-corrected chi connectivity index (χ3v) is 6.64. The van der Waals surface area contributed by atoms with Gasteiger partial charge in [0.2, 0.25) is 11.8 Å². The first-order valence-corrected chi connectivity index (χ1v) is 9.70. The number of aliphatic carboxylic acids is 1. The van der Waals surface area contributed by atoms with E-state index in [9.17, 15) is 19.5 Å². The minimum absolute atomic E-state index is 0.0121. The molecule has 3 rings (SSSR count). The van der Waals surface area contributed by atoms with Crippen LogP contribution in [-0.2, 0) is 14.4 Å². The number of likely N-dealkylation sites (tertiary alicyclic amines) is 2. The van der Waals surface area contributed by atoms with Crippen molar-refractivity contribution >= 4 is 17.8 Å². The van der Waals surface area contributed by atoms with Crippen LogP contribution in [0.15, 0.2) is 0 Å². The first-order chi connectivity index (χ1) is 11.9. The molecule has 0 radical (unpaired) electrons. The maximum atomic E-state index is 12.5. The van der Waals surface area contributed by atoms with Crippen molar-refractivity contribution < 1.29 is 19.5 Å². The molecule has 1 N–H and O–H groups in total. The van der Waals surface area contributed by atoms with Crippen molar-refractivity contribution in [2.75, 3.05) is 19.6 Å². The maximum Gasteiger partial charge on any atom is 0.326 e. The van der Waals surface area contributed by atoms with Gasteiger partial charge in [-0.3, -0.25) is 9.59 Å². The lowest BCUT2D eigenvalue weighted by molar-refractivity contribution is -0.155. The molecule has 6 heteroatoms. The molecule has 1 unspecified atom stereocenters. The molecule has 0 aromatic carbocycles. The number of carbonyl (C=O) groups excluding carboxylic acids is 2. The monoisotopic (exact) mass is 350 g/mol. The summed E-state index contributed by atoms with van der Waals surface area (Å²) in [6.45, 7) is 3.59. The third-order valence-electron chi connectivity index (χ3n) is 6.64. The Morgan fingerprint density at radius 1 is 1.20 bits per heavy atom. The zero-order valence-corrected chi connectivity index (χ0v) is 15.2. The van der Waals surface area contributed by atoms with E-state index in [1.807, 2.05) is 4.90 Å². The molecule has 2 aliphatic heterocycles. The predicted octanol–water partition coefficient (Wildman–Crippen LogP) is 2.27. The SMILES string of the molecule is CC(C(=O)O)N1CC2(CCC1=O)CCN(C(=O)CC1CCCC1)CC2. The van der Waals surface area contributed by atoms with Gasteiger partial charge in [0.25, 0.3) is 0 Å². The largest absolute Gasteiger partial charge is 0.480 e. The molecular formula is C19H30N2O4. The summed E-state index contributed by atoms with van der Waals surface area (Å²) in [7, 11) is 0. The molecule has 0 bridgehead atoms. The van der Waals surface area contributed by atoms with Crippen LogP contribution in [-0.4, -0.2) is 58.4 Å². The van der Waals surface area contributed by atoms with Crippen LogP contribution in [0.25, 0.3) is 0 Å². The molecule has 6 nitrogen and oxygen atoms in total. The zero-order chi connectivity index (χ0) is 18.0. The summed E-state index contributed by atoms with van der Waals surface area (Å²) in [6, 6.07) is -0.772. The molecule has 1 aliphatic carbocycles. The van der Waals surface area contributed by atoms with Gasteiger partial charge in [0.15, 0.2) is 0 Å². The number of amides is 2. The van der Waals surface area contributed by atoms with Crippen molar-refractivity contribution in [1.29, 1.82) is 0 Å². The van der Waals surface area contributed by atoms with Crippen molar-refractivity contribution in [3.05, 3.63) is 0 Å². The number of nitrogens with zero attached hydrogens (tertiary/aromatic N) is 2. The lowest BCUT2D eigenvalue weighted by Gasteiger charge is -2.48. The summed E-state index contributed by atoms with van der Waals surface area (Å²) in [5, 5.41) is 9.24. The molecule has 0 aromatic heterocycles. The van der Waals surface area contributed by atoms with E-state index in [4.69, 9.17) is 0 Å². The lowest BCUT2D eigenvalue weighted by Crippen LogP contribution is -2.56. The Morgan fingerprint density at radius 3 is 2.44 bits per heavy atom. The van der Waals surface area contributed by atoms with Crippen LogP contribution < -0.4 is 0 Å². The summed E-state index contributed by atoms with van der Waals surface area (Å²) in [6.07, 6.45) is 8.57. The topological polar surface area (TPSA) is 77.9 Å².